The Bertz CT molecular complexity index is 3290. The lowest BCUT2D eigenvalue weighted by atomic mass is 9.72. The van der Waals surface area contributed by atoms with Crippen LogP contribution in [0.3, 0.4) is 0 Å². The number of aryl methyl sites for hydroxylation is 1. The molecule has 0 saturated heterocycles. The maximum absolute atomic E-state index is 14.5. The minimum Gasteiger partial charge on any atom is -0.435 e. The van der Waals surface area contributed by atoms with Crippen LogP contribution in [-0.4, -0.2) is 70.2 Å². The van der Waals surface area contributed by atoms with Crippen molar-refractivity contribution in [3.8, 4) is 6.07 Å². The number of ketones is 1. The number of amides is 3. The first-order chi connectivity index (χ1) is 33.8. The first kappa shape index (κ1) is 55.6. The molecular formula is C53H62ClN7O10S2. The number of fused-ring (bicyclic) bond motifs is 1. The Morgan fingerprint density at radius 1 is 0.849 bits per heavy atom. The molecule has 17 nitrogen and oxygen atoms in total. The number of aromatic nitrogens is 1. The number of rotatable bonds is 16. The van der Waals surface area contributed by atoms with Gasteiger partial charge in [0.25, 0.3) is 11.8 Å². The summed E-state index contributed by atoms with van der Waals surface area (Å²) in [6, 6.07) is 20.7. The highest BCUT2D eigenvalue weighted by Crippen LogP contribution is 2.38. The molecule has 0 radical (unpaired) electrons. The Hall–Kier alpha value is -6.75. The number of allylic oxidation sites excluding steroid dienone is 1. The van der Waals surface area contributed by atoms with E-state index in [4.69, 9.17) is 25.7 Å². The number of oxazole rings is 1. The Kier molecular flexibility index (Phi) is 16.3. The standard InChI is InChI=1S/C53H62ClN7O10S2/c1-31-24-38(20-16-32(31)25-33(29-55)49-58-43-26-34(17-23-44(43)70-49)53(8,9)30-51(2,3)4)61(37-14-12-13-15-37)50(65)71-45(46(62)52(5,6)7)48(64)57-42-28-35(18-21-40(42)54)56-47(63)39-27-36(59-72(10,66)67)19-22-41(39)60-73(11,68)69/h16-28,37,45,59-60H,12-15,30H2,1-11H3,(H,56,63)(H,57,64). The first-order valence-electron chi connectivity index (χ1n) is 23.5. The third kappa shape index (κ3) is 14.5. The Labute approximate surface area is 432 Å². The predicted molar refractivity (Wildman–Crippen MR) is 287 cm³/mol. The molecule has 1 saturated carbocycles. The van der Waals surface area contributed by atoms with Crippen molar-refractivity contribution >= 4 is 107 Å². The van der Waals surface area contributed by atoms with Crippen molar-refractivity contribution in [3.63, 3.8) is 0 Å². The third-order valence-corrected chi connectivity index (χ3v) is 13.5. The second-order valence-corrected chi connectivity index (χ2v) is 25.3. The normalized spacial score (nSPS) is 14.3. The number of hydrogen-bond acceptors (Lipinski definition) is 12. The summed E-state index contributed by atoms with van der Waals surface area (Å²) >= 11 is 6.53. The van der Waals surface area contributed by atoms with Gasteiger partial charge in [-0.3, -0.25) is 28.7 Å². The Balaban J connectivity index is 1.26. The summed E-state index contributed by atoms with van der Waals surface area (Å²) in [5.41, 5.74) is 2.62. The molecule has 0 aliphatic heterocycles. The lowest BCUT2D eigenvalue weighted by Crippen LogP contribution is -2.48. The van der Waals surface area contributed by atoms with Crippen LogP contribution in [0.4, 0.5) is 33.2 Å². The third-order valence-electron chi connectivity index (χ3n) is 12.0. The fourth-order valence-electron chi connectivity index (χ4n) is 8.96. The minimum atomic E-state index is -3.89. The minimum absolute atomic E-state index is 0.0175. The van der Waals surface area contributed by atoms with E-state index in [2.05, 4.69) is 60.8 Å². The van der Waals surface area contributed by atoms with Gasteiger partial charge in [0.1, 0.15) is 17.2 Å². The van der Waals surface area contributed by atoms with E-state index in [0.717, 1.165) is 43.4 Å². The van der Waals surface area contributed by atoms with Crippen molar-refractivity contribution in [1.29, 1.82) is 5.26 Å². The molecule has 1 aromatic heterocycles. The molecule has 1 aliphatic carbocycles. The van der Waals surface area contributed by atoms with Gasteiger partial charge >= 0.3 is 6.09 Å². The quantitative estimate of drug-likeness (QED) is 0.0532. The van der Waals surface area contributed by atoms with Crippen molar-refractivity contribution < 1.29 is 45.2 Å². The molecule has 1 heterocycles. The molecule has 0 bridgehead atoms. The average Bonchev–Trinajstić information content (AvgIpc) is 3.95. The van der Waals surface area contributed by atoms with Gasteiger partial charge in [0.15, 0.2) is 11.4 Å². The topological polar surface area (TPSA) is 247 Å². The van der Waals surface area contributed by atoms with Gasteiger partial charge in [-0.2, -0.15) is 5.26 Å². The molecule has 20 heteroatoms. The van der Waals surface area contributed by atoms with Crippen LogP contribution in [-0.2, 0) is 39.8 Å². The summed E-state index contributed by atoms with van der Waals surface area (Å²) in [5.74, 6) is -2.46. The number of carbonyl (C=O) groups is 4. The number of Topliss-reactive ketones (excluding diaryl/α,β-unsaturated/α-hetero) is 1. The number of carbonyl (C=O) groups excluding carboxylic acids is 4. The van der Waals surface area contributed by atoms with Gasteiger partial charge in [-0.25, -0.2) is 26.6 Å². The summed E-state index contributed by atoms with van der Waals surface area (Å²) in [5, 5.41) is 15.5. The van der Waals surface area contributed by atoms with Crippen molar-refractivity contribution in [3.05, 3.63) is 106 Å². The summed E-state index contributed by atoms with van der Waals surface area (Å²) in [6.07, 6.45) is 4.40. The fraction of sp³-hybridized carbons (Fsp3) is 0.396. The monoisotopic (exact) mass is 1060 g/mol. The van der Waals surface area contributed by atoms with Crippen LogP contribution in [0.15, 0.2) is 77.2 Å². The summed E-state index contributed by atoms with van der Waals surface area (Å²) < 4.78 is 64.6. The molecule has 5 aromatic rings. The number of ether oxygens (including phenoxy) is 1. The SMILES string of the molecule is Cc1cc(N(C(=O)OC(C(=O)Nc2cc(NC(=O)c3cc(NS(C)(=O)=O)ccc3NS(C)(=O)=O)ccc2Cl)C(=O)C(C)(C)C)C2CCCC2)ccc1C=C(C#N)c1nc2cc(C(C)(C)CC(C)(C)C)ccc2o1. The van der Waals surface area contributed by atoms with Gasteiger partial charge in [0, 0.05) is 28.5 Å². The van der Waals surface area contributed by atoms with Gasteiger partial charge in [0.05, 0.1) is 34.5 Å². The number of nitriles is 1. The van der Waals surface area contributed by atoms with E-state index in [1.807, 2.05) is 25.1 Å². The van der Waals surface area contributed by atoms with Crippen molar-refractivity contribution in [2.24, 2.45) is 10.8 Å². The molecule has 4 N–H and O–H groups in total. The van der Waals surface area contributed by atoms with Crippen LogP contribution in [0.1, 0.15) is 120 Å². The summed E-state index contributed by atoms with van der Waals surface area (Å²) in [4.78, 5) is 62.6. The highest BCUT2D eigenvalue weighted by atomic mass is 35.5. The molecule has 1 aliphatic rings. The number of nitrogens with zero attached hydrogens (tertiary/aromatic N) is 3. The van der Waals surface area contributed by atoms with Crippen molar-refractivity contribution in [1.82, 2.24) is 4.98 Å². The van der Waals surface area contributed by atoms with E-state index < -0.39 is 55.3 Å². The highest BCUT2D eigenvalue weighted by molar-refractivity contribution is 7.92. The molecule has 6 rings (SSSR count). The maximum Gasteiger partial charge on any atom is 0.415 e. The van der Waals surface area contributed by atoms with E-state index in [1.165, 1.54) is 35.2 Å². The molecule has 4 aromatic carbocycles. The van der Waals surface area contributed by atoms with Crippen molar-refractivity contribution in [2.45, 2.75) is 112 Å². The molecule has 1 atom stereocenters. The molecule has 0 spiro atoms. The van der Waals surface area contributed by atoms with Crippen molar-refractivity contribution in [2.75, 3.05) is 37.5 Å². The number of sulfonamides is 2. The zero-order valence-corrected chi connectivity index (χ0v) is 45.2. The van der Waals surface area contributed by atoms with Crippen LogP contribution in [0.5, 0.6) is 0 Å². The lowest BCUT2D eigenvalue weighted by molar-refractivity contribution is -0.142. The molecular weight excluding hydrogens is 994 g/mol. The summed E-state index contributed by atoms with van der Waals surface area (Å²) in [6.45, 7) is 17.6. The smallest absolute Gasteiger partial charge is 0.415 e. The number of hydrogen-bond donors (Lipinski definition) is 4. The van der Waals surface area contributed by atoms with Crippen LogP contribution in [0.25, 0.3) is 22.7 Å². The number of anilines is 5. The highest BCUT2D eigenvalue weighted by Gasteiger charge is 2.41. The van der Waals surface area contributed by atoms with Gasteiger partial charge in [-0.05, 0) is 120 Å². The zero-order valence-electron chi connectivity index (χ0n) is 42.8. The largest absolute Gasteiger partial charge is 0.435 e. The van der Waals surface area contributed by atoms with Gasteiger partial charge in [0.2, 0.25) is 32.0 Å². The zero-order chi connectivity index (χ0) is 54.0. The molecule has 1 fully saturated rings. The number of nitrogens with one attached hydrogen (secondary N) is 4. The van der Waals surface area contributed by atoms with Gasteiger partial charge < -0.3 is 19.8 Å². The maximum atomic E-state index is 14.5. The fourth-order valence-corrected chi connectivity index (χ4v) is 10.3. The van der Waals surface area contributed by atoms with Gasteiger partial charge in [-0.1, -0.05) is 92.0 Å². The predicted octanol–water partition coefficient (Wildman–Crippen LogP) is 11.1. The molecule has 3 amide bonds. The van der Waals surface area contributed by atoms with Crippen LogP contribution in [0, 0.1) is 29.1 Å². The molecule has 388 valence electrons. The van der Waals surface area contributed by atoms with Crippen LogP contribution >= 0.6 is 11.6 Å². The van der Waals surface area contributed by atoms with E-state index >= 15 is 0 Å². The van der Waals surface area contributed by atoms with Gasteiger partial charge in [-0.15, -0.1) is 0 Å². The van der Waals surface area contributed by atoms with E-state index in [0.29, 0.717) is 40.8 Å². The number of halogens is 1. The van der Waals surface area contributed by atoms with E-state index in [1.54, 1.807) is 45.0 Å². The average molecular weight is 1060 g/mol. The summed E-state index contributed by atoms with van der Waals surface area (Å²) in [7, 11) is -7.66. The second kappa shape index (κ2) is 21.4. The second-order valence-electron chi connectivity index (χ2n) is 21.4. The first-order valence-corrected chi connectivity index (χ1v) is 27.7. The Morgan fingerprint density at radius 2 is 1.51 bits per heavy atom. The van der Waals surface area contributed by atoms with Crippen LogP contribution in [0.2, 0.25) is 5.02 Å². The van der Waals surface area contributed by atoms with E-state index in [9.17, 15) is 41.3 Å². The van der Waals surface area contributed by atoms with E-state index in [-0.39, 0.29) is 61.7 Å². The Morgan fingerprint density at radius 3 is 2.11 bits per heavy atom. The molecule has 73 heavy (non-hydrogen) atoms. The molecule has 1 unspecified atom stereocenters. The number of benzene rings is 4. The van der Waals surface area contributed by atoms with Crippen LogP contribution < -0.4 is 25.0 Å². The lowest BCUT2D eigenvalue weighted by Gasteiger charge is -2.32.